The highest BCUT2D eigenvalue weighted by Gasteiger charge is 2.30. The van der Waals surface area contributed by atoms with Gasteiger partial charge < -0.3 is 10.0 Å². The zero-order valence-corrected chi connectivity index (χ0v) is 9.29. The van der Waals surface area contributed by atoms with E-state index in [0.29, 0.717) is 28.7 Å². The Morgan fingerprint density at radius 1 is 1.40 bits per heavy atom. The van der Waals surface area contributed by atoms with E-state index in [1.165, 1.54) is 6.07 Å². The third-order valence-corrected chi connectivity index (χ3v) is 2.86. The summed E-state index contributed by atoms with van der Waals surface area (Å²) in [5.74, 6) is -0.165. The summed E-state index contributed by atoms with van der Waals surface area (Å²) in [4.78, 5) is 13.3. The Bertz CT molecular complexity index is 402. The molecule has 0 bridgehead atoms. The largest absolute Gasteiger partial charge is 0.389 e. The molecule has 1 heterocycles. The van der Waals surface area contributed by atoms with E-state index in [9.17, 15) is 4.79 Å². The molecule has 15 heavy (non-hydrogen) atoms. The molecule has 1 fully saturated rings. The maximum atomic E-state index is 11.8. The van der Waals surface area contributed by atoms with Gasteiger partial charge in [0.25, 0.3) is 5.91 Å². The lowest BCUT2D eigenvalue weighted by Crippen LogP contribution is -2.53. The van der Waals surface area contributed by atoms with E-state index >= 15 is 0 Å². The van der Waals surface area contributed by atoms with Gasteiger partial charge in [-0.15, -0.1) is 0 Å². The van der Waals surface area contributed by atoms with Crippen LogP contribution in [0.1, 0.15) is 10.4 Å². The molecule has 0 aromatic heterocycles. The molecular formula is C10H9Cl2NO2. The Kier molecular flexibility index (Phi) is 2.87. The van der Waals surface area contributed by atoms with Crippen LogP contribution in [-0.2, 0) is 0 Å². The first-order chi connectivity index (χ1) is 7.08. The maximum Gasteiger partial charge on any atom is 0.255 e. The minimum atomic E-state index is -0.403. The molecule has 1 aliphatic heterocycles. The number of carbonyl (C=O) groups excluding carboxylic acids is 1. The summed E-state index contributed by atoms with van der Waals surface area (Å²) >= 11 is 11.6. The fraction of sp³-hybridized carbons (Fsp3) is 0.300. The van der Waals surface area contributed by atoms with Crippen molar-refractivity contribution in [1.29, 1.82) is 0 Å². The first-order valence-corrected chi connectivity index (χ1v) is 5.26. The molecule has 0 aliphatic carbocycles. The lowest BCUT2D eigenvalue weighted by molar-refractivity contribution is 0.00590. The number of aliphatic hydroxyl groups excluding tert-OH is 1. The lowest BCUT2D eigenvalue weighted by Gasteiger charge is -2.36. The van der Waals surface area contributed by atoms with Crippen molar-refractivity contribution >= 4 is 29.1 Å². The summed E-state index contributed by atoms with van der Waals surface area (Å²) in [5.41, 5.74) is 0.424. The number of hydrogen-bond donors (Lipinski definition) is 1. The average Bonchev–Trinajstić information content (AvgIpc) is 2.12. The fourth-order valence-corrected chi connectivity index (χ4v) is 1.94. The predicted octanol–water partition coefficient (Wildman–Crippen LogP) is 1.81. The van der Waals surface area contributed by atoms with Crippen LogP contribution in [-0.4, -0.2) is 35.1 Å². The quantitative estimate of drug-likeness (QED) is 0.820. The molecule has 1 N–H and O–H groups in total. The van der Waals surface area contributed by atoms with Gasteiger partial charge in [-0.2, -0.15) is 0 Å². The van der Waals surface area contributed by atoms with Gasteiger partial charge in [0, 0.05) is 18.1 Å². The normalized spacial score (nSPS) is 16.3. The Morgan fingerprint density at radius 2 is 2.07 bits per heavy atom. The van der Waals surface area contributed by atoms with Gasteiger partial charge in [0.05, 0.1) is 16.7 Å². The smallest absolute Gasteiger partial charge is 0.255 e. The SMILES string of the molecule is O=C(c1ccc(Cl)cc1Cl)N1CC(O)C1. The molecule has 2 rings (SSSR count). The zero-order chi connectivity index (χ0) is 11.0. The molecular weight excluding hydrogens is 237 g/mol. The van der Waals surface area contributed by atoms with Crippen LogP contribution in [0, 0.1) is 0 Å². The molecule has 0 spiro atoms. The van der Waals surface area contributed by atoms with Gasteiger partial charge in [-0.05, 0) is 18.2 Å². The van der Waals surface area contributed by atoms with E-state index in [1.54, 1.807) is 17.0 Å². The summed E-state index contributed by atoms with van der Waals surface area (Å²) < 4.78 is 0. The highest BCUT2D eigenvalue weighted by molar-refractivity contribution is 6.36. The number of benzene rings is 1. The van der Waals surface area contributed by atoms with Crippen LogP contribution in [0.5, 0.6) is 0 Å². The van der Waals surface area contributed by atoms with E-state index in [0.717, 1.165) is 0 Å². The van der Waals surface area contributed by atoms with Crippen molar-refractivity contribution in [2.24, 2.45) is 0 Å². The first-order valence-electron chi connectivity index (χ1n) is 4.50. The van der Waals surface area contributed by atoms with Crippen LogP contribution in [0.4, 0.5) is 0 Å². The Labute approximate surface area is 97.2 Å². The molecule has 1 aromatic rings. The van der Waals surface area contributed by atoms with Crippen molar-refractivity contribution in [3.8, 4) is 0 Å². The molecule has 0 atom stereocenters. The van der Waals surface area contributed by atoms with Crippen LogP contribution < -0.4 is 0 Å². The molecule has 5 heteroatoms. The summed E-state index contributed by atoms with van der Waals surface area (Å²) in [6.07, 6.45) is -0.403. The summed E-state index contributed by atoms with van der Waals surface area (Å²) in [6, 6.07) is 4.75. The van der Waals surface area contributed by atoms with Crippen LogP contribution in [0.2, 0.25) is 10.0 Å². The van der Waals surface area contributed by atoms with Crippen molar-refractivity contribution in [3.63, 3.8) is 0 Å². The summed E-state index contributed by atoms with van der Waals surface area (Å²) in [5, 5.41) is 9.92. The van der Waals surface area contributed by atoms with E-state index in [2.05, 4.69) is 0 Å². The maximum absolute atomic E-state index is 11.8. The van der Waals surface area contributed by atoms with Gasteiger partial charge in [0.15, 0.2) is 0 Å². The van der Waals surface area contributed by atoms with Crippen LogP contribution in [0.25, 0.3) is 0 Å². The second-order valence-electron chi connectivity index (χ2n) is 3.49. The minimum absolute atomic E-state index is 0.165. The molecule has 3 nitrogen and oxygen atoms in total. The highest BCUT2D eigenvalue weighted by Crippen LogP contribution is 2.23. The van der Waals surface area contributed by atoms with Crippen LogP contribution in [0.15, 0.2) is 18.2 Å². The molecule has 80 valence electrons. The third kappa shape index (κ3) is 2.09. The van der Waals surface area contributed by atoms with Crippen LogP contribution >= 0.6 is 23.2 Å². The van der Waals surface area contributed by atoms with Gasteiger partial charge in [-0.25, -0.2) is 0 Å². The second-order valence-corrected chi connectivity index (χ2v) is 4.33. The Morgan fingerprint density at radius 3 is 2.60 bits per heavy atom. The summed E-state index contributed by atoms with van der Waals surface area (Å²) in [6.45, 7) is 0.746. The fourth-order valence-electron chi connectivity index (χ4n) is 1.45. The number of halogens is 2. The number of β-amino-alcohol motifs (C(OH)–C–C–N with tert-alkyl or cyclic N) is 1. The molecule has 1 saturated heterocycles. The van der Waals surface area contributed by atoms with Gasteiger partial charge >= 0.3 is 0 Å². The van der Waals surface area contributed by atoms with Gasteiger partial charge in [-0.3, -0.25) is 4.79 Å². The average molecular weight is 246 g/mol. The van der Waals surface area contributed by atoms with Crippen LogP contribution in [0.3, 0.4) is 0 Å². The lowest BCUT2D eigenvalue weighted by atomic mass is 10.1. The van der Waals surface area contributed by atoms with E-state index in [-0.39, 0.29) is 5.91 Å². The van der Waals surface area contributed by atoms with Crippen molar-refractivity contribution in [2.75, 3.05) is 13.1 Å². The number of aliphatic hydroxyl groups is 1. The van der Waals surface area contributed by atoms with Gasteiger partial charge in [-0.1, -0.05) is 23.2 Å². The Balaban J connectivity index is 2.19. The van der Waals surface area contributed by atoms with E-state index in [1.807, 2.05) is 0 Å². The third-order valence-electron chi connectivity index (χ3n) is 2.31. The number of nitrogens with zero attached hydrogens (tertiary/aromatic N) is 1. The molecule has 1 aromatic carbocycles. The van der Waals surface area contributed by atoms with Crippen molar-refractivity contribution in [3.05, 3.63) is 33.8 Å². The highest BCUT2D eigenvalue weighted by atomic mass is 35.5. The molecule has 1 amide bonds. The summed E-state index contributed by atoms with van der Waals surface area (Å²) in [7, 11) is 0. The first kappa shape index (κ1) is 10.7. The molecule has 0 saturated carbocycles. The standard InChI is InChI=1S/C10H9Cl2NO2/c11-6-1-2-8(9(12)3-6)10(15)13-4-7(14)5-13/h1-3,7,14H,4-5H2. The number of amides is 1. The molecule has 0 radical (unpaired) electrons. The minimum Gasteiger partial charge on any atom is -0.389 e. The number of hydrogen-bond acceptors (Lipinski definition) is 2. The second kappa shape index (κ2) is 4.00. The van der Waals surface area contributed by atoms with Gasteiger partial charge in [0.2, 0.25) is 0 Å². The zero-order valence-electron chi connectivity index (χ0n) is 7.78. The van der Waals surface area contributed by atoms with Gasteiger partial charge in [0.1, 0.15) is 0 Å². The topological polar surface area (TPSA) is 40.5 Å². The predicted molar refractivity (Wildman–Crippen MR) is 58.4 cm³/mol. The van der Waals surface area contributed by atoms with Crippen molar-refractivity contribution in [2.45, 2.75) is 6.10 Å². The number of carbonyl (C=O) groups is 1. The molecule has 0 unspecified atom stereocenters. The molecule has 1 aliphatic rings. The monoisotopic (exact) mass is 245 g/mol. The number of likely N-dealkylation sites (tertiary alicyclic amines) is 1. The van der Waals surface area contributed by atoms with Crippen molar-refractivity contribution in [1.82, 2.24) is 4.90 Å². The number of rotatable bonds is 1. The van der Waals surface area contributed by atoms with E-state index in [4.69, 9.17) is 28.3 Å². The Hall–Kier alpha value is -0.770. The van der Waals surface area contributed by atoms with E-state index < -0.39 is 6.10 Å². The van der Waals surface area contributed by atoms with Crippen molar-refractivity contribution < 1.29 is 9.90 Å².